The van der Waals surface area contributed by atoms with Gasteiger partial charge in [0.2, 0.25) is 0 Å². The SMILES string of the molecule is Cc1ccc(CN2CCOC(CN)C2)cc1. The van der Waals surface area contributed by atoms with Crippen molar-refractivity contribution in [2.45, 2.75) is 19.6 Å². The van der Waals surface area contributed by atoms with Crippen molar-refractivity contribution in [1.82, 2.24) is 4.90 Å². The van der Waals surface area contributed by atoms with Gasteiger partial charge >= 0.3 is 0 Å². The summed E-state index contributed by atoms with van der Waals surface area (Å²) < 4.78 is 5.55. The minimum Gasteiger partial charge on any atom is -0.374 e. The first-order valence-corrected chi connectivity index (χ1v) is 5.87. The van der Waals surface area contributed by atoms with E-state index < -0.39 is 0 Å². The van der Waals surface area contributed by atoms with Gasteiger partial charge in [-0.1, -0.05) is 29.8 Å². The molecule has 3 heteroatoms. The van der Waals surface area contributed by atoms with Crippen LogP contribution >= 0.6 is 0 Å². The molecule has 2 rings (SSSR count). The fraction of sp³-hybridized carbons (Fsp3) is 0.538. The van der Waals surface area contributed by atoms with Crippen LogP contribution in [0.2, 0.25) is 0 Å². The van der Waals surface area contributed by atoms with E-state index in [1.165, 1.54) is 11.1 Å². The van der Waals surface area contributed by atoms with Crippen LogP contribution in [-0.4, -0.2) is 37.2 Å². The molecule has 1 fully saturated rings. The van der Waals surface area contributed by atoms with E-state index >= 15 is 0 Å². The molecule has 2 N–H and O–H groups in total. The normalized spacial score (nSPS) is 22.2. The first-order chi connectivity index (χ1) is 7.78. The zero-order chi connectivity index (χ0) is 11.4. The monoisotopic (exact) mass is 220 g/mol. The van der Waals surface area contributed by atoms with Crippen LogP contribution in [-0.2, 0) is 11.3 Å². The van der Waals surface area contributed by atoms with Crippen LogP contribution in [0.15, 0.2) is 24.3 Å². The Balaban J connectivity index is 1.91. The van der Waals surface area contributed by atoms with Gasteiger partial charge in [-0.2, -0.15) is 0 Å². The largest absolute Gasteiger partial charge is 0.374 e. The van der Waals surface area contributed by atoms with Gasteiger partial charge in [0, 0.05) is 26.2 Å². The Hall–Kier alpha value is -0.900. The number of morpholine rings is 1. The van der Waals surface area contributed by atoms with Gasteiger partial charge in [-0.05, 0) is 12.5 Å². The highest BCUT2D eigenvalue weighted by molar-refractivity contribution is 5.21. The summed E-state index contributed by atoms with van der Waals surface area (Å²) in [5.74, 6) is 0. The van der Waals surface area contributed by atoms with Gasteiger partial charge < -0.3 is 10.5 Å². The Labute approximate surface area is 97.2 Å². The third kappa shape index (κ3) is 3.04. The van der Waals surface area contributed by atoms with Crippen molar-refractivity contribution in [2.75, 3.05) is 26.2 Å². The fourth-order valence-electron chi connectivity index (χ4n) is 2.02. The number of rotatable bonds is 3. The summed E-state index contributed by atoms with van der Waals surface area (Å²) in [6.45, 7) is 6.48. The minimum atomic E-state index is 0.208. The van der Waals surface area contributed by atoms with Gasteiger partial charge in [0.15, 0.2) is 0 Å². The van der Waals surface area contributed by atoms with Gasteiger partial charge in [0.05, 0.1) is 12.7 Å². The molecule has 1 aliphatic rings. The highest BCUT2D eigenvalue weighted by atomic mass is 16.5. The van der Waals surface area contributed by atoms with Crippen LogP contribution in [0.4, 0.5) is 0 Å². The third-order valence-electron chi connectivity index (χ3n) is 3.01. The van der Waals surface area contributed by atoms with Crippen LogP contribution in [0.1, 0.15) is 11.1 Å². The van der Waals surface area contributed by atoms with Crippen molar-refractivity contribution in [3.63, 3.8) is 0 Å². The maximum absolute atomic E-state index is 5.63. The van der Waals surface area contributed by atoms with Crippen LogP contribution in [0.3, 0.4) is 0 Å². The summed E-state index contributed by atoms with van der Waals surface area (Å²) in [4.78, 5) is 2.41. The van der Waals surface area contributed by atoms with Crippen molar-refractivity contribution >= 4 is 0 Å². The smallest absolute Gasteiger partial charge is 0.0824 e. The number of nitrogens with zero attached hydrogens (tertiary/aromatic N) is 1. The van der Waals surface area contributed by atoms with Crippen molar-refractivity contribution in [1.29, 1.82) is 0 Å². The predicted octanol–water partition coefficient (Wildman–Crippen LogP) is 1.15. The lowest BCUT2D eigenvalue weighted by molar-refractivity contribution is -0.0260. The van der Waals surface area contributed by atoms with E-state index in [0.717, 1.165) is 26.2 Å². The average Bonchev–Trinajstić information content (AvgIpc) is 2.32. The number of hydrogen-bond acceptors (Lipinski definition) is 3. The summed E-state index contributed by atoms with van der Waals surface area (Å²) in [5, 5.41) is 0. The molecule has 1 aromatic carbocycles. The summed E-state index contributed by atoms with van der Waals surface area (Å²) in [5.41, 5.74) is 8.30. The van der Waals surface area contributed by atoms with Crippen molar-refractivity contribution in [3.8, 4) is 0 Å². The molecule has 0 aliphatic carbocycles. The van der Waals surface area contributed by atoms with Crippen molar-refractivity contribution < 1.29 is 4.74 Å². The zero-order valence-corrected chi connectivity index (χ0v) is 9.86. The summed E-state index contributed by atoms with van der Waals surface area (Å²) in [7, 11) is 0. The molecule has 16 heavy (non-hydrogen) atoms. The lowest BCUT2D eigenvalue weighted by Crippen LogP contribution is -2.45. The Kier molecular flexibility index (Phi) is 3.93. The average molecular weight is 220 g/mol. The van der Waals surface area contributed by atoms with E-state index in [1.807, 2.05) is 0 Å². The highest BCUT2D eigenvalue weighted by Gasteiger charge is 2.18. The fourth-order valence-corrected chi connectivity index (χ4v) is 2.02. The Morgan fingerprint density at radius 1 is 1.38 bits per heavy atom. The second-order valence-electron chi connectivity index (χ2n) is 4.45. The molecule has 1 unspecified atom stereocenters. The maximum atomic E-state index is 5.63. The Bertz CT molecular complexity index is 323. The predicted molar refractivity (Wildman–Crippen MR) is 65.3 cm³/mol. The van der Waals surface area contributed by atoms with E-state index in [0.29, 0.717) is 6.54 Å². The van der Waals surface area contributed by atoms with Gasteiger partial charge in [-0.25, -0.2) is 0 Å². The number of aryl methyl sites for hydroxylation is 1. The highest BCUT2D eigenvalue weighted by Crippen LogP contribution is 2.10. The van der Waals surface area contributed by atoms with E-state index in [2.05, 4.69) is 36.1 Å². The molecule has 1 heterocycles. The zero-order valence-electron chi connectivity index (χ0n) is 9.86. The van der Waals surface area contributed by atoms with Crippen molar-refractivity contribution in [3.05, 3.63) is 35.4 Å². The summed E-state index contributed by atoms with van der Waals surface area (Å²) in [6, 6.07) is 8.72. The molecule has 3 nitrogen and oxygen atoms in total. The van der Waals surface area contributed by atoms with E-state index in [4.69, 9.17) is 10.5 Å². The first-order valence-electron chi connectivity index (χ1n) is 5.87. The molecule has 88 valence electrons. The number of hydrogen-bond donors (Lipinski definition) is 1. The minimum absolute atomic E-state index is 0.208. The molecule has 0 aromatic heterocycles. The van der Waals surface area contributed by atoms with E-state index in [-0.39, 0.29) is 6.10 Å². The van der Waals surface area contributed by atoms with Gasteiger partial charge in [0.1, 0.15) is 0 Å². The molecule has 1 atom stereocenters. The lowest BCUT2D eigenvalue weighted by atomic mass is 10.1. The second kappa shape index (κ2) is 5.43. The van der Waals surface area contributed by atoms with Gasteiger partial charge in [-0.15, -0.1) is 0 Å². The third-order valence-corrected chi connectivity index (χ3v) is 3.01. The van der Waals surface area contributed by atoms with E-state index in [9.17, 15) is 0 Å². The number of benzene rings is 1. The Morgan fingerprint density at radius 2 is 2.12 bits per heavy atom. The van der Waals surface area contributed by atoms with Crippen LogP contribution in [0, 0.1) is 6.92 Å². The van der Waals surface area contributed by atoms with Gasteiger partial charge in [-0.3, -0.25) is 4.90 Å². The molecular weight excluding hydrogens is 200 g/mol. The van der Waals surface area contributed by atoms with Crippen molar-refractivity contribution in [2.24, 2.45) is 5.73 Å². The van der Waals surface area contributed by atoms with E-state index in [1.54, 1.807) is 0 Å². The maximum Gasteiger partial charge on any atom is 0.0824 e. The molecule has 0 saturated carbocycles. The molecule has 0 bridgehead atoms. The topological polar surface area (TPSA) is 38.5 Å². The molecule has 0 spiro atoms. The summed E-state index contributed by atoms with van der Waals surface area (Å²) in [6.07, 6.45) is 0.208. The molecule has 0 radical (unpaired) electrons. The number of nitrogens with two attached hydrogens (primary N) is 1. The second-order valence-corrected chi connectivity index (χ2v) is 4.45. The first kappa shape index (κ1) is 11.6. The van der Waals surface area contributed by atoms with Crippen LogP contribution < -0.4 is 5.73 Å². The summed E-state index contributed by atoms with van der Waals surface area (Å²) >= 11 is 0. The Morgan fingerprint density at radius 3 is 2.81 bits per heavy atom. The molecule has 1 aliphatic heterocycles. The number of ether oxygens (including phenoxy) is 1. The van der Waals surface area contributed by atoms with Gasteiger partial charge in [0.25, 0.3) is 0 Å². The molecule has 0 amide bonds. The lowest BCUT2D eigenvalue weighted by Gasteiger charge is -2.32. The molecular formula is C13H20N2O. The quantitative estimate of drug-likeness (QED) is 0.830. The van der Waals surface area contributed by atoms with Crippen LogP contribution in [0.25, 0.3) is 0 Å². The van der Waals surface area contributed by atoms with Crippen LogP contribution in [0.5, 0.6) is 0 Å². The standard InChI is InChI=1S/C13H20N2O/c1-11-2-4-12(5-3-11)9-15-6-7-16-13(8-14)10-15/h2-5,13H,6-10,14H2,1H3. The molecule has 1 saturated heterocycles. The molecule has 1 aromatic rings.